The second-order valence-corrected chi connectivity index (χ2v) is 5.56. The normalized spacial score (nSPS) is 11.2. The maximum absolute atomic E-state index is 11.1. The van der Waals surface area contributed by atoms with E-state index in [1.54, 1.807) is 6.07 Å². The SMILES string of the molecule is CC(C)(C)Nc1ccc([N+](=O)[O-])c(-c2ccccc2)n1. The first-order chi connectivity index (χ1) is 9.37. The zero-order valence-electron chi connectivity index (χ0n) is 11.8. The van der Waals surface area contributed by atoms with Crippen LogP contribution in [-0.4, -0.2) is 15.4 Å². The number of pyridine rings is 1. The summed E-state index contributed by atoms with van der Waals surface area (Å²) in [6.45, 7) is 6.04. The van der Waals surface area contributed by atoms with Crippen LogP contribution in [-0.2, 0) is 0 Å². The highest BCUT2D eigenvalue weighted by molar-refractivity contribution is 5.71. The Morgan fingerprint density at radius 2 is 1.75 bits per heavy atom. The fourth-order valence-electron chi connectivity index (χ4n) is 1.86. The summed E-state index contributed by atoms with van der Waals surface area (Å²) < 4.78 is 0. The molecule has 0 spiro atoms. The number of hydrogen-bond donors (Lipinski definition) is 1. The fourth-order valence-corrected chi connectivity index (χ4v) is 1.86. The van der Waals surface area contributed by atoms with E-state index in [9.17, 15) is 10.1 Å². The van der Waals surface area contributed by atoms with Crippen LogP contribution in [0.25, 0.3) is 11.3 Å². The van der Waals surface area contributed by atoms with Gasteiger partial charge in [-0.2, -0.15) is 0 Å². The van der Waals surface area contributed by atoms with Crippen LogP contribution >= 0.6 is 0 Å². The number of hydrogen-bond acceptors (Lipinski definition) is 4. The predicted molar refractivity (Wildman–Crippen MR) is 79.7 cm³/mol. The summed E-state index contributed by atoms with van der Waals surface area (Å²) >= 11 is 0. The summed E-state index contributed by atoms with van der Waals surface area (Å²) in [7, 11) is 0. The molecule has 1 aromatic heterocycles. The Bertz CT molecular complexity index is 619. The molecular formula is C15H17N3O2. The minimum Gasteiger partial charge on any atom is -0.365 e. The summed E-state index contributed by atoms with van der Waals surface area (Å²) in [5.41, 5.74) is 0.967. The van der Waals surface area contributed by atoms with Gasteiger partial charge < -0.3 is 5.32 Å². The van der Waals surface area contributed by atoms with Crippen LogP contribution in [0.2, 0.25) is 0 Å². The lowest BCUT2D eigenvalue weighted by Crippen LogP contribution is -2.26. The molecule has 0 amide bonds. The standard InChI is InChI=1S/C15H17N3O2/c1-15(2,3)17-13-10-9-12(18(19)20)14(16-13)11-7-5-4-6-8-11/h4-10H,1-3H3,(H,16,17). The van der Waals surface area contributed by atoms with Crippen molar-refractivity contribution in [3.8, 4) is 11.3 Å². The van der Waals surface area contributed by atoms with Crippen LogP contribution in [0.15, 0.2) is 42.5 Å². The monoisotopic (exact) mass is 271 g/mol. The first-order valence-corrected chi connectivity index (χ1v) is 6.36. The highest BCUT2D eigenvalue weighted by Gasteiger charge is 2.19. The Hall–Kier alpha value is -2.43. The lowest BCUT2D eigenvalue weighted by atomic mass is 10.1. The Morgan fingerprint density at radius 1 is 1.10 bits per heavy atom. The molecule has 2 aromatic rings. The van der Waals surface area contributed by atoms with E-state index >= 15 is 0 Å². The van der Waals surface area contributed by atoms with Gasteiger partial charge in [-0.05, 0) is 26.8 Å². The van der Waals surface area contributed by atoms with Crippen molar-refractivity contribution in [2.24, 2.45) is 0 Å². The van der Waals surface area contributed by atoms with Gasteiger partial charge in [-0.15, -0.1) is 0 Å². The average Bonchev–Trinajstić information content (AvgIpc) is 2.37. The summed E-state index contributed by atoms with van der Waals surface area (Å²) in [6.07, 6.45) is 0. The maximum Gasteiger partial charge on any atom is 0.295 e. The third-order valence-corrected chi connectivity index (χ3v) is 2.62. The van der Waals surface area contributed by atoms with E-state index in [1.165, 1.54) is 6.07 Å². The molecule has 1 N–H and O–H groups in total. The predicted octanol–water partition coefficient (Wildman–Crippen LogP) is 3.87. The molecule has 1 aromatic carbocycles. The molecule has 0 aliphatic heterocycles. The van der Waals surface area contributed by atoms with Crippen LogP contribution in [0, 0.1) is 10.1 Å². The minimum absolute atomic E-state index is 0.00987. The van der Waals surface area contributed by atoms with E-state index in [2.05, 4.69) is 10.3 Å². The maximum atomic E-state index is 11.1. The van der Waals surface area contributed by atoms with Gasteiger partial charge in [0.15, 0.2) is 5.69 Å². The summed E-state index contributed by atoms with van der Waals surface area (Å²) in [4.78, 5) is 15.1. The summed E-state index contributed by atoms with van der Waals surface area (Å²) in [5, 5.41) is 14.4. The number of aromatic nitrogens is 1. The van der Waals surface area contributed by atoms with Gasteiger partial charge in [-0.25, -0.2) is 4.98 Å². The number of anilines is 1. The topological polar surface area (TPSA) is 68.1 Å². The molecule has 0 atom stereocenters. The zero-order valence-corrected chi connectivity index (χ0v) is 11.8. The number of rotatable bonds is 3. The molecule has 0 aliphatic rings. The van der Waals surface area contributed by atoms with Crippen LogP contribution in [0.4, 0.5) is 11.5 Å². The molecule has 104 valence electrons. The number of nitrogens with zero attached hydrogens (tertiary/aromatic N) is 2. The van der Waals surface area contributed by atoms with Crippen molar-refractivity contribution in [1.29, 1.82) is 0 Å². The first-order valence-electron chi connectivity index (χ1n) is 6.36. The molecule has 0 saturated heterocycles. The van der Waals surface area contributed by atoms with Gasteiger partial charge in [0.2, 0.25) is 0 Å². The van der Waals surface area contributed by atoms with Gasteiger partial charge in [0, 0.05) is 17.2 Å². The first kappa shape index (κ1) is 14.0. The Morgan fingerprint density at radius 3 is 2.30 bits per heavy atom. The highest BCUT2D eigenvalue weighted by atomic mass is 16.6. The van der Waals surface area contributed by atoms with Crippen LogP contribution in [0.5, 0.6) is 0 Å². The molecule has 0 bridgehead atoms. The smallest absolute Gasteiger partial charge is 0.295 e. The van der Waals surface area contributed by atoms with Gasteiger partial charge in [0.1, 0.15) is 5.82 Å². The number of benzene rings is 1. The second-order valence-electron chi connectivity index (χ2n) is 5.56. The molecule has 2 rings (SSSR count). The Kier molecular flexibility index (Phi) is 3.70. The summed E-state index contributed by atoms with van der Waals surface area (Å²) in [5.74, 6) is 0.627. The third kappa shape index (κ3) is 3.32. The molecule has 5 heteroatoms. The fraction of sp³-hybridized carbons (Fsp3) is 0.267. The Balaban J connectivity index is 2.51. The zero-order chi connectivity index (χ0) is 14.8. The number of nitrogens with one attached hydrogen (secondary N) is 1. The van der Waals surface area contributed by atoms with Crippen molar-refractivity contribution in [2.75, 3.05) is 5.32 Å². The Labute approximate surface area is 117 Å². The van der Waals surface area contributed by atoms with Gasteiger partial charge >= 0.3 is 0 Å². The molecule has 5 nitrogen and oxygen atoms in total. The van der Waals surface area contributed by atoms with Crippen molar-refractivity contribution in [1.82, 2.24) is 4.98 Å². The molecule has 0 unspecified atom stereocenters. The molecular weight excluding hydrogens is 254 g/mol. The lowest BCUT2D eigenvalue weighted by Gasteiger charge is -2.21. The molecule has 0 radical (unpaired) electrons. The molecule has 1 heterocycles. The molecule has 0 saturated carbocycles. The van der Waals surface area contributed by atoms with Gasteiger partial charge in [-0.3, -0.25) is 10.1 Å². The number of nitro groups is 1. The van der Waals surface area contributed by atoms with Crippen molar-refractivity contribution in [3.05, 3.63) is 52.6 Å². The van der Waals surface area contributed by atoms with E-state index in [-0.39, 0.29) is 11.2 Å². The highest BCUT2D eigenvalue weighted by Crippen LogP contribution is 2.29. The second kappa shape index (κ2) is 5.28. The lowest BCUT2D eigenvalue weighted by molar-refractivity contribution is -0.384. The van der Waals surface area contributed by atoms with Crippen molar-refractivity contribution in [3.63, 3.8) is 0 Å². The molecule has 0 aliphatic carbocycles. The van der Waals surface area contributed by atoms with E-state index in [0.29, 0.717) is 11.5 Å². The largest absolute Gasteiger partial charge is 0.365 e. The third-order valence-electron chi connectivity index (χ3n) is 2.62. The van der Waals surface area contributed by atoms with Gasteiger partial charge in [-0.1, -0.05) is 30.3 Å². The van der Waals surface area contributed by atoms with E-state index in [1.807, 2.05) is 51.1 Å². The van der Waals surface area contributed by atoms with E-state index in [0.717, 1.165) is 5.56 Å². The van der Waals surface area contributed by atoms with Crippen LogP contribution < -0.4 is 5.32 Å². The minimum atomic E-state index is -0.407. The van der Waals surface area contributed by atoms with Crippen molar-refractivity contribution in [2.45, 2.75) is 26.3 Å². The van der Waals surface area contributed by atoms with Crippen LogP contribution in [0.1, 0.15) is 20.8 Å². The van der Waals surface area contributed by atoms with Crippen LogP contribution in [0.3, 0.4) is 0 Å². The van der Waals surface area contributed by atoms with Gasteiger partial charge in [0.25, 0.3) is 5.69 Å². The quantitative estimate of drug-likeness (QED) is 0.679. The van der Waals surface area contributed by atoms with Crippen molar-refractivity contribution < 1.29 is 4.92 Å². The molecule has 0 fully saturated rings. The summed E-state index contributed by atoms with van der Waals surface area (Å²) in [6, 6.07) is 12.3. The van der Waals surface area contributed by atoms with Gasteiger partial charge in [0.05, 0.1) is 4.92 Å². The average molecular weight is 271 g/mol. The van der Waals surface area contributed by atoms with E-state index in [4.69, 9.17) is 0 Å². The molecule has 20 heavy (non-hydrogen) atoms. The van der Waals surface area contributed by atoms with Crippen molar-refractivity contribution >= 4 is 11.5 Å². The van der Waals surface area contributed by atoms with E-state index < -0.39 is 4.92 Å².